The van der Waals surface area contributed by atoms with Gasteiger partial charge < -0.3 is 0 Å². The van der Waals surface area contributed by atoms with Crippen molar-refractivity contribution in [3.63, 3.8) is 0 Å². The normalized spacial score (nSPS) is 74.1. The van der Waals surface area contributed by atoms with Gasteiger partial charge in [-0.3, -0.25) is 0 Å². The summed E-state index contributed by atoms with van der Waals surface area (Å²) in [6.45, 7) is -3.30. The van der Waals surface area contributed by atoms with E-state index in [1.807, 2.05) is 6.07 Å². The van der Waals surface area contributed by atoms with Gasteiger partial charge in [-0.25, -0.2) is 0 Å². The first kappa shape index (κ1) is 12.5. The fourth-order valence-electron chi connectivity index (χ4n) is 18.8. The molecule has 0 aliphatic carbocycles. The molecule has 10 fully saturated rings. The number of nitro benzene ring substituents is 1. The Morgan fingerprint density at radius 3 is 1.97 bits per heavy atom. The summed E-state index contributed by atoms with van der Waals surface area (Å²) in [6.07, 6.45) is 0. The fraction of sp³-hybridized carbons (Fsp3) is 0.435. The van der Waals surface area contributed by atoms with Crippen LogP contribution in [0.1, 0.15) is 15.9 Å². The van der Waals surface area contributed by atoms with Crippen molar-refractivity contribution in [2.24, 2.45) is 0 Å². The summed E-state index contributed by atoms with van der Waals surface area (Å²) in [4.78, 5) is 34.5. The molecule has 10 aliphatic heterocycles. The standard InChI is InChI=1S/C18H13N2O3.C5H5.Fe/c21-18(14-9-11-15(12-10-14)20(22)23)19-17-8-4-3-7-16(17)13-5-1-2-6-13;1-2-4-5-3-1;/h1-12H,(H,19,21);1-5H;. The number of nitrogens with one attached hydrogen (secondary N) is 1. The number of hydrogen-bond acceptors (Lipinski definition) is 3. The van der Waals surface area contributed by atoms with Crippen LogP contribution in [0.3, 0.4) is 0 Å². The second-order valence-electron chi connectivity index (χ2n) is 13.5. The molecule has 29 heavy (non-hydrogen) atoms. The summed E-state index contributed by atoms with van der Waals surface area (Å²) in [5.41, 5.74) is 3.04. The summed E-state index contributed by atoms with van der Waals surface area (Å²) in [6, 6.07) is 14.6. The van der Waals surface area contributed by atoms with E-state index in [9.17, 15) is 14.9 Å². The number of nitrogens with zero attached hydrogens (tertiary/aromatic N) is 1. The second-order valence-corrected chi connectivity index (χ2v) is 37.0. The molecule has 4 unspecified atom stereocenters. The first-order valence-electron chi connectivity index (χ1n) is 10.7. The van der Waals surface area contributed by atoms with Crippen molar-refractivity contribution >= 4 is 17.3 Å². The maximum atomic E-state index is 13.0. The number of carbonyl (C=O) groups excluding carboxylic acids is 1. The zero-order valence-electron chi connectivity index (χ0n) is 15.3. The van der Waals surface area contributed by atoms with Gasteiger partial charge in [-0.05, 0) is 0 Å². The molecule has 0 bridgehead atoms. The first-order chi connectivity index (χ1) is 13.8. The van der Waals surface area contributed by atoms with E-state index < -0.39 is 11.4 Å². The van der Waals surface area contributed by atoms with Crippen LogP contribution in [0.2, 0.25) is 43.3 Å². The Morgan fingerprint density at radius 1 is 0.897 bits per heavy atom. The quantitative estimate of drug-likeness (QED) is 0.391. The zero-order chi connectivity index (χ0) is 18.8. The van der Waals surface area contributed by atoms with Crippen molar-refractivity contribution < 1.29 is 16.2 Å². The van der Waals surface area contributed by atoms with E-state index in [2.05, 4.69) is 23.5 Å². The second kappa shape index (κ2) is 1.51. The van der Waals surface area contributed by atoms with E-state index in [4.69, 9.17) is 0 Å². The van der Waals surface area contributed by atoms with Gasteiger partial charge in [-0.1, -0.05) is 0 Å². The molecule has 1 spiro atoms. The molecule has 2 aromatic rings. The van der Waals surface area contributed by atoms with Crippen molar-refractivity contribution in [3.05, 3.63) is 69.8 Å². The third-order valence-electron chi connectivity index (χ3n) is 17.6. The van der Waals surface area contributed by atoms with Crippen LogP contribution >= 0.6 is 0 Å². The van der Waals surface area contributed by atoms with Gasteiger partial charge in [-0.2, -0.15) is 0 Å². The van der Waals surface area contributed by atoms with Gasteiger partial charge in [-0.15, -0.1) is 0 Å². The van der Waals surface area contributed by atoms with Gasteiger partial charge in [0.2, 0.25) is 0 Å². The summed E-state index contributed by atoms with van der Waals surface area (Å²) in [7, 11) is 0. The molecule has 1 N–H and O–H groups in total. The maximum absolute atomic E-state index is 13.0. The van der Waals surface area contributed by atoms with Crippen molar-refractivity contribution in [2.45, 2.75) is 47.7 Å². The molecule has 10 heterocycles. The predicted octanol–water partition coefficient (Wildman–Crippen LogP) is 5.64. The van der Waals surface area contributed by atoms with Gasteiger partial charge in [0.05, 0.1) is 0 Å². The Bertz CT molecular complexity index is 1640. The molecule has 6 heteroatoms. The average Bonchev–Trinajstić information content (AvgIpc) is 3.67. The summed E-state index contributed by atoms with van der Waals surface area (Å²) in [5, 5.41) is 14.1. The first-order valence-corrected chi connectivity index (χ1v) is 17.0. The van der Waals surface area contributed by atoms with Crippen LogP contribution in [-0.4, -0.2) is 10.8 Å². The van der Waals surface area contributed by atoms with Crippen LogP contribution < -0.4 is 5.32 Å². The number of para-hydroxylation sites is 1. The van der Waals surface area contributed by atoms with E-state index in [1.54, 1.807) is 12.1 Å². The molecule has 0 radical (unpaired) electrons. The van der Waals surface area contributed by atoms with E-state index in [0.29, 0.717) is 9.88 Å². The van der Waals surface area contributed by atoms with E-state index in [0.717, 1.165) is 15.3 Å². The molecule has 2 aromatic carbocycles. The molecule has 5 nitrogen and oxygen atoms in total. The average molecular weight is 426 g/mol. The number of hydrogen-bond donors (Lipinski definition) is 1. The zero-order valence-corrected chi connectivity index (χ0v) is 16.4. The molecule has 0 aromatic heterocycles. The van der Waals surface area contributed by atoms with Crippen molar-refractivity contribution in [3.8, 4) is 0 Å². The number of rotatable bonds is 4. The fourth-order valence-corrected chi connectivity index (χ4v) is 93.0. The Hall–Kier alpha value is -2.17. The van der Waals surface area contributed by atoms with Gasteiger partial charge >= 0.3 is 156 Å². The number of anilines is 1. The van der Waals surface area contributed by atoms with Crippen LogP contribution in [0.15, 0.2) is 48.5 Å². The molecular weight excluding hydrogens is 408 g/mol. The van der Waals surface area contributed by atoms with E-state index >= 15 is 0 Å². The third-order valence-corrected chi connectivity index (χ3v) is 59.9. The van der Waals surface area contributed by atoms with Gasteiger partial charge in [0.15, 0.2) is 0 Å². The Balaban J connectivity index is 1.03. The van der Waals surface area contributed by atoms with E-state index in [-0.39, 0.29) is 11.6 Å². The van der Waals surface area contributed by atoms with Crippen molar-refractivity contribution in [2.75, 3.05) is 5.32 Å². The van der Waals surface area contributed by atoms with E-state index in [1.165, 1.54) is 51.4 Å². The predicted molar refractivity (Wildman–Crippen MR) is 103 cm³/mol. The van der Waals surface area contributed by atoms with Gasteiger partial charge in [0, 0.05) is 0 Å². The number of non-ortho nitro benzene ring substituents is 1. The summed E-state index contributed by atoms with van der Waals surface area (Å²) < 4.78 is 0.596. The molecule has 10 aliphatic rings. The Morgan fingerprint density at radius 2 is 1.48 bits per heavy atom. The molecule has 10 saturated heterocycles. The Kier molecular flexibility index (Phi) is 0.650. The van der Waals surface area contributed by atoms with Crippen LogP contribution in [0.25, 0.3) is 0 Å². The molecule has 4 atom stereocenters. The van der Waals surface area contributed by atoms with Crippen LogP contribution in [0.5, 0.6) is 0 Å². The van der Waals surface area contributed by atoms with Gasteiger partial charge in [0.1, 0.15) is 0 Å². The SMILES string of the molecule is O=C(Nc1ccccc1[C]12[CH]3[CH]4[CH]5[CH]1[Fe]45321678[CH]2[CH]1[CH]6[CH]7[CH]28)c1ccc([N+](=O)[O-])cc1. The summed E-state index contributed by atoms with van der Waals surface area (Å²) >= 11 is 0. The number of amides is 1. The van der Waals surface area contributed by atoms with Crippen LogP contribution in [-0.2, 0) is 10.8 Å². The molecule has 1 amide bonds. The van der Waals surface area contributed by atoms with Crippen molar-refractivity contribution in [1.29, 1.82) is 0 Å². The molecule has 0 saturated carbocycles. The van der Waals surface area contributed by atoms with Crippen LogP contribution in [0, 0.1) is 10.1 Å². The van der Waals surface area contributed by atoms with Crippen molar-refractivity contribution in [1.82, 2.24) is 0 Å². The molecule has 12 rings (SSSR count). The van der Waals surface area contributed by atoms with Gasteiger partial charge in [0.25, 0.3) is 0 Å². The number of carbonyl (C=O) groups is 1. The minimum atomic E-state index is -3.30. The summed E-state index contributed by atoms with van der Waals surface area (Å²) in [5.74, 6) is -0.154. The number of nitro groups is 1. The monoisotopic (exact) mass is 426 g/mol. The third kappa shape index (κ3) is 0.235. The molecular formula is C23H18FeN2O3. The molecule has 146 valence electrons. The number of benzene rings is 2. The Labute approximate surface area is 156 Å². The topological polar surface area (TPSA) is 72.2 Å². The minimum absolute atomic E-state index is 0.0141. The van der Waals surface area contributed by atoms with Crippen LogP contribution in [0.4, 0.5) is 11.4 Å². The number of fused-ring (bicyclic) bond motifs is 10.